The minimum Gasteiger partial charge on any atom is -0.506 e. The van der Waals surface area contributed by atoms with Crippen molar-refractivity contribution in [2.75, 3.05) is 19.0 Å². The smallest absolute Gasteiger partial charge is 0.242 e. The van der Waals surface area contributed by atoms with E-state index in [-0.39, 0.29) is 11.7 Å². The van der Waals surface area contributed by atoms with Gasteiger partial charge < -0.3 is 20.5 Å². The Balaban J connectivity index is 1.66. The molecule has 0 radical (unpaired) electrons. The first-order valence-electron chi connectivity index (χ1n) is 10.2. The molecule has 1 atom stereocenters. The molecule has 9 nitrogen and oxygen atoms in total. The summed E-state index contributed by atoms with van der Waals surface area (Å²) in [6.07, 6.45) is 2.55. The van der Waals surface area contributed by atoms with E-state index in [1.165, 1.54) is 0 Å². The van der Waals surface area contributed by atoms with Gasteiger partial charge in [-0.3, -0.25) is 4.79 Å². The Labute approximate surface area is 178 Å². The number of aromatic nitrogens is 4. The third-order valence-corrected chi connectivity index (χ3v) is 5.47. The van der Waals surface area contributed by atoms with E-state index >= 15 is 0 Å². The Hall–Kier alpha value is -3.88. The van der Waals surface area contributed by atoms with Gasteiger partial charge in [-0.15, -0.1) is 5.10 Å². The van der Waals surface area contributed by atoms with Crippen LogP contribution in [0.5, 0.6) is 11.5 Å². The number of carbonyl (C=O) groups excluding carboxylic acids is 1. The summed E-state index contributed by atoms with van der Waals surface area (Å²) in [5, 5.41) is 21.9. The molecule has 31 heavy (non-hydrogen) atoms. The number of nitrogens with one attached hydrogen (secondary N) is 2. The van der Waals surface area contributed by atoms with Gasteiger partial charge in [0.15, 0.2) is 11.5 Å². The third-order valence-electron chi connectivity index (χ3n) is 5.47. The molecule has 0 saturated carbocycles. The van der Waals surface area contributed by atoms with Crippen molar-refractivity contribution in [2.45, 2.75) is 25.3 Å². The Kier molecular flexibility index (Phi) is 4.78. The second-order valence-electron chi connectivity index (χ2n) is 7.49. The van der Waals surface area contributed by atoms with Crippen molar-refractivity contribution in [1.29, 1.82) is 0 Å². The maximum Gasteiger partial charge on any atom is 0.242 e. The summed E-state index contributed by atoms with van der Waals surface area (Å²) in [6, 6.07) is 12.2. The van der Waals surface area contributed by atoms with Crippen LogP contribution in [0.25, 0.3) is 27.9 Å². The highest BCUT2D eigenvalue weighted by molar-refractivity contribution is 5.96. The Morgan fingerprint density at radius 1 is 1.16 bits per heavy atom. The monoisotopic (exact) mass is 418 g/mol. The highest BCUT2D eigenvalue weighted by Crippen LogP contribution is 2.30. The first kappa shape index (κ1) is 19.1. The first-order chi connectivity index (χ1) is 15.1. The SMILES string of the molecule is COc1ccc(-c2nc3c4cccc(O)c4nc(NC4CCCCNC4=O)n3n2)cc1. The van der Waals surface area contributed by atoms with E-state index in [0.29, 0.717) is 41.3 Å². The summed E-state index contributed by atoms with van der Waals surface area (Å²) in [4.78, 5) is 21.8. The van der Waals surface area contributed by atoms with E-state index < -0.39 is 6.04 Å². The quantitative estimate of drug-likeness (QED) is 0.467. The number of fused-ring (bicyclic) bond motifs is 3. The lowest BCUT2D eigenvalue weighted by Gasteiger charge is -2.16. The molecule has 1 saturated heterocycles. The van der Waals surface area contributed by atoms with Gasteiger partial charge in [0.1, 0.15) is 23.1 Å². The number of ether oxygens (including phenoxy) is 1. The zero-order chi connectivity index (χ0) is 21.4. The highest BCUT2D eigenvalue weighted by atomic mass is 16.5. The van der Waals surface area contributed by atoms with Gasteiger partial charge in [0.05, 0.1) is 7.11 Å². The van der Waals surface area contributed by atoms with Crippen LogP contribution < -0.4 is 15.4 Å². The van der Waals surface area contributed by atoms with Crippen molar-refractivity contribution in [3.8, 4) is 22.9 Å². The van der Waals surface area contributed by atoms with Crippen LogP contribution in [0.1, 0.15) is 19.3 Å². The number of methoxy groups -OCH3 is 1. The number of phenolic OH excluding ortho intramolecular Hbond substituents is 1. The van der Waals surface area contributed by atoms with Crippen molar-refractivity contribution in [3.05, 3.63) is 42.5 Å². The maximum atomic E-state index is 12.5. The van der Waals surface area contributed by atoms with Gasteiger partial charge in [-0.1, -0.05) is 6.07 Å². The number of carbonyl (C=O) groups is 1. The second kappa shape index (κ2) is 7.75. The van der Waals surface area contributed by atoms with Gasteiger partial charge in [0, 0.05) is 17.5 Å². The number of rotatable bonds is 4. The van der Waals surface area contributed by atoms with Gasteiger partial charge in [0.25, 0.3) is 0 Å². The molecule has 158 valence electrons. The Bertz CT molecular complexity index is 1270. The minimum atomic E-state index is -0.435. The van der Waals surface area contributed by atoms with Crippen LogP contribution in [0.3, 0.4) is 0 Å². The lowest BCUT2D eigenvalue weighted by molar-refractivity contribution is -0.121. The molecule has 0 bridgehead atoms. The highest BCUT2D eigenvalue weighted by Gasteiger charge is 2.24. The molecular weight excluding hydrogens is 396 g/mol. The van der Waals surface area contributed by atoms with Crippen LogP contribution in [-0.4, -0.2) is 50.3 Å². The summed E-state index contributed by atoms with van der Waals surface area (Å²) in [5.41, 5.74) is 1.76. The summed E-state index contributed by atoms with van der Waals surface area (Å²) < 4.78 is 6.82. The molecule has 1 aliphatic heterocycles. The van der Waals surface area contributed by atoms with Gasteiger partial charge in [-0.2, -0.15) is 4.52 Å². The molecule has 1 amide bonds. The van der Waals surface area contributed by atoms with E-state index in [2.05, 4.69) is 20.7 Å². The van der Waals surface area contributed by atoms with Gasteiger partial charge >= 0.3 is 0 Å². The normalized spacial score (nSPS) is 16.8. The largest absolute Gasteiger partial charge is 0.506 e. The fraction of sp³-hybridized carbons (Fsp3) is 0.273. The molecule has 4 aromatic rings. The fourth-order valence-electron chi connectivity index (χ4n) is 3.81. The van der Waals surface area contributed by atoms with E-state index in [9.17, 15) is 9.90 Å². The van der Waals surface area contributed by atoms with Gasteiger partial charge in [0.2, 0.25) is 11.9 Å². The molecule has 0 aliphatic carbocycles. The van der Waals surface area contributed by atoms with Crippen molar-refractivity contribution in [2.24, 2.45) is 0 Å². The topological polar surface area (TPSA) is 114 Å². The predicted octanol–water partition coefficient (Wildman–Crippen LogP) is 2.74. The van der Waals surface area contributed by atoms with Crippen molar-refractivity contribution in [3.63, 3.8) is 0 Å². The number of nitrogens with zero attached hydrogens (tertiary/aromatic N) is 4. The Morgan fingerprint density at radius 3 is 2.81 bits per heavy atom. The standard InChI is InChI=1S/C22H22N6O3/c1-31-14-10-8-13(9-11-14)19-26-20-15-5-4-7-17(29)18(15)25-22(28(20)27-19)24-16-6-2-3-12-23-21(16)30/h4-5,7-11,16,29H,2-3,6,12H2,1H3,(H,23,30)(H,24,25). The lowest BCUT2D eigenvalue weighted by Crippen LogP contribution is -2.38. The molecule has 3 N–H and O–H groups in total. The van der Waals surface area contributed by atoms with E-state index in [0.717, 1.165) is 24.2 Å². The molecule has 2 aromatic heterocycles. The molecule has 2 aromatic carbocycles. The average molecular weight is 418 g/mol. The molecule has 0 spiro atoms. The maximum absolute atomic E-state index is 12.5. The number of benzene rings is 2. The zero-order valence-electron chi connectivity index (χ0n) is 17.0. The fourth-order valence-corrected chi connectivity index (χ4v) is 3.81. The predicted molar refractivity (Wildman–Crippen MR) is 116 cm³/mol. The van der Waals surface area contributed by atoms with Crippen LogP contribution >= 0.6 is 0 Å². The van der Waals surface area contributed by atoms with Crippen molar-refractivity contribution < 1.29 is 14.6 Å². The molecule has 1 aliphatic rings. The zero-order valence-corrected chi connectivity index (χ0v) is 17.0. The van der Waals surface area contributed by atoms with Gasteiger partial charge in [-0.05, 0) is 55.7 Å². The number of para-hydroxylation sites is 1. The van der Waals surface area contributed by atoms with Crippen LogP contribution in [0.2, 0.25) is 0 Å². The minimum absolute atomic E-state index is 0.0439. The van der Waals surface area contributed by atoms with Crippen LogP contribution in [0.15, 0.2) is 42.5 Å². The summed E-state index contributed by atoms with van der Waals surface area (Å²) in [7, 11) is 1.62. The van der Waals surface area contributed by atoms with Crippen LogP contribution in [-0.2, 0) is 4.79 Å². The molecule has 1 unspecified atom stereocenters. The number of anilines is 1. The summed E-state index contributed by atoms with van der Waals surface area (Å²) in [6.45, 7) is 0.670. The van der Waals surface area contributed by atoms with Crippen LogP contribution in [0.4, 0.5) is 5.95 Å². The Morgan fingerprint density at radius 2 is 2.00 bits per heavy atom. The number of hydrogen-bond donors (Lipinski definition) is 3. The second-order valence-corrected chi connectivity index (χ2v) is 7.49. The molecule has 9 heteroatoms. The summed E-state index contributed by atoms with van der Waals surface area (Å²) >= 11 is 0. The molecule has 5 rings (SSSR count). The van der Waals surface area contributed by atoms with Crippen LogP contribution in [0, 0.1) is 0 Å². The van der Waals surface area contributed by atoms with Crippen molar-refractivity contribution >= 4 is 28.4 Å². The number of amides is 1. The van der Waals surface area contributed by atoms with Gasteiger partial charge in [-0.25, -0.2) is 9.97 Å². The molecular formula is C22H22N6O3. The van der Waals surface area contributed by atoms with E-state index in [1.807, 2.05) is 30.3 Å². The van der Waals surface area contributed by atoms with E-state index in [1.54, 1.807) is 23.8 Å². The van der Waals surface area contributed by atoms with E-state index in [4.69, 9.17) is 9.72 Å². The first-order valence-corrected chi connectivity index (χ1v) is 10.2. The molecule has 3 heterocycles. The lowest BCUT2D eigenvalue weighted by atomic mass is 10.1. The third kappa shape index (κ3) is 3.48. The summed E-state index contributed by atoms with van der Waals surface area (Å²) in [5.74, 6) is 1.58. The number of hydrogen-bond acceptors (Lipinski definition) is 7. The number of phenols is 1. The average Bonchev–Trinajstić information content (AvgIpc) is 3.15. The van der Waals surface area contributed by atoms with Crippen molar-refractivity contribution in [1.82, 2.24) is 24.9 Å². The molecule has 1 fully saturated rings. The number of aromatic hydroxyl groups is 1.